The van der Waals surface area contributed by atoms with Gasteiger partial charge in [0, 0.05) is 18.0 Å². The van der Waals surface area contributed by atoms with Gasteiger partial charge in [-0.1, -0.05) is 78.4 Å². The van der Waals surface area contributed by atoms with E-state index in [1.54, 1.807) is 22.8 Å². The molecule has 7 nitrogen and oxygen atoms in total. The predicted octanol–water partition coefficient (Wildman–Crippen LogP) is 8.12. The molecule has 0 unspecified atom stereocenters. The third kappa shape index (κ3) is 7.74. The molecule has 0 radical (unpaired) electrons. The zero-order chi connectivity index (χ0) is 32.6. The van der Waals surface area contributed by atoms with Crippen LogP contribution in [0.1, 0.15) is 49.3 Å². The zero-order valence-electron chi connectivity index (χ0n) is 26.2. The maximum Gasteiger partial charge on any atom is 0.335 e. The third-order valence-corrected chi connectivity index (χ3v) is 7.72. The average molecular weight is 616 g/mol. The highest BCUT2D eigenvalue weighted by Gasteiger charge is 2.16. The van der Waals surface area contributed by atoms with Crippen molar-refractivity contribution >= 4 is 35.0 Å². The third-order valence-electron chi connectivity index (χ3n) is 7.72. The van der Waals surface area contributed by atoms with Crippen molar-refractivity contribution in [1.82, 2.24) is 4.57 Å². The van der Waals surface area contributed by atoms with Gasteiger partial charge in [-0.15, -0.1) is 0 Å². The van der Waals surface area contributed by atoms with Crippen LogP contribution in [-0.4, -0.2) is 39.9 Å². The molecule has 4 aromatic carbocycles. The number of nitrogens with zero attached hydrogens (tertiary/aromatic N) is 1. The minimum Gasteiger partial charge on any atom is -0.490 e. The molecule has 46 heavy (non-hydrogen) atoms. The molecular weight excluding hydrogens is 578 g/mol. The lowest BCUT2D eigenvalue weighted by Crippen LogP contribution is -2.08. The average Bonchev–Trinajstić information content (AvgIpc) is 3.36. The largest absolute Gasteiger partial charge is 0.490 e. The number of carboxylic acids is 2. The quantitative estimate of drug-likeness (QED) is 0.103. The SMILES string of the molecule is Cc1cc(C)c(OC/C=C/COc2ccc(/C=C/c3cccc4c(Cc5ccccc5C(=O)O)cn(CC(=O)O)c34)cc2)c(C)c1. The fourth-order valence-electron chi connectivity index (χ4n) is 5.76. The van der Waals surface area contributed by atoms with Crippen molar-refractivity contribution in [3.05, 3.63) is 142 Å². The van der Waals surface area contributed by atoms with E-state index >= 15 is 0 Å². The Labute approximate surface area is 268 Å². The molecule has 0 atom stereocenters. The highest BCUT2D eigenvalue weighted by molar-refractivity contribution is 5.95. The Morgan fingerprint density at radius 3 is 2.17 bits per heavy atom. The molecule has 0 saturated heterocycles. The molecule has 5 rings (SSSR count). The van der Waals surface area contributed by atoms with Gasteiger partial charge in [-0.25, -0.2) is 4.79 Å². The molecule has 5 aromatic rings. The first-order valence-electron chi connectivity index (χ1n) is 15.1. The van der Waals surface area contributed by atoms with E-state index in [9.17, 15) is 19.8 Å². The lowest BCUT2D eigenvalue weighted by molar-refractivity contribution is -0.137. The molecule has 0 saturated carbocycles. The standard InChI is InChI=1S/C39H37NO6/c1-26-21-27(2)38(28(3)22-26)46-20-7-6-19-45-33-17-14-29(15-18-33)13-16-30-10-8-12-34-32(24-40(37(30)34)25-36(41)42)23-31-9-4-5-11-35(31)39(43)44/h4-18,21-22,24H,19-20,23,25H2,1-3H3,(H,41,42)(H,43,44)/b7-6+,16-13+. The van der Waals surface area contributed by atoms with E-state index in [1.165, 1.54) is 5.56 Å². The van der Waals surface area contributed by atoms with Crippen LogP contribution in [0, 0.1) is 20.8 Å². The van der Waals surface area contributed by atoms with E-state index in [-0.39, 0.29) is 12.1 Å². The van der Waals surface area contributed by atoms with Crippen LogP contribution < -0.4 is 9.47 Å². The summed E-state index contributed by atoms with van der Waals surface area (Å²) >= 11 is 0. The van der Waals surface area contributed by atoms with Gasteiger partial charge in [0.05, 0.1) is 11.1 Å². The van der Waals surface area contributed by atoms with Crippen molar-refractivity contribution in [2.75, 3.05) is 13.2 Å². The number of fused-ring (bicyclic) bond motifs is 1. The summed E-state index contributed by atoms with van der Waals surface area (Å²) in [5, 5.41) is 20.1. The molecule has 0 aliphatic rings. The van der Waals surface area contributed by atoms with Crippen LogP contribution in [-0.2, 0) is 17.8 Å². The Hall–Kier alpha value is -5.56. The minimum atomic E-state index is -0.991. The fraction of sp³-hybridized carbons (Fsp3) is 0.179. The van der Waals surface area contributed by atoms with Gasteiger partial charge in [0.25, 0.3) is 0 Å². The van der Waals surface area contributed by atoms with Gasteiger partial charge >= 0.3 is 11.9 Å². The second kappa shape index (κ2) is 14.5. The predicted molar refractivity (Wildman–Crippen MR) is 182 cm³/mol. The van der Waals surface area contributed by atoms with E-state index in [4.69, 9.17) is 9.47 Å². The van der Waals surface area contributed by atoms with Crippen molar-refractivity contribution in [1.29, 1.82) is 0 Å². The van der Waals surface area contributed by atoms with Gasteiger partial charge in [0.15, 0.2) is 0 Å². The number of benzene rings is 4. The summed E-state index contributed by atoms with van der Waals surface area (Å²) in [6.45, 7) is 6.88. The van der Waals surface area contributed by atoms with Crippen LogP contribution >= 0.6 is 0 Å². The number of carbonyl (C=O) groups is 2. The summed E-state index contributed by atoms with van der Waals surface area (Å²) in [5.74, 6) is -0.276. The van der Waals surface area contributed by atoms with Crippen LogP contribution in [0.3, 0.4) is 0 Å². The number of hydrogen-bond acceptors (Lipinski definition) is 4. The maximum atomic E-state index is 11.8. The van der Waals surface area contributed by atoms with E-state index in [0.29, 0.717) is 25.2 Å². The molecule has 0 fully saturated rings. The van der Waals surface area contributed by atoms with Crippen LogP contribution in [0.2, 0.25) is 0 Å². The van der Waals surface area contributed by atoms with Crippen LogP contribution in [0.25, 0.3) is 23.1 Å². The van der Waals surface area contributed by atoms with E-state index in [2.05, 4.69) is 32.9 Å². The maximum absolute atomic E-state index is 11.8. The lowest BCUT2D eigenvalue weighted by atomic mass is 9.98. The first-order valence-corrected chi connectivity index (χ1v) is 15.1. The summed E-state index contributed by atoms with van der Waals surface area (Å²) in [6, 6.07) is 24.7. The van der Waals surface area contributed by atoms with E-state index in [0.717, 1.165) is 50.2 Å². The molecule has 0 bridgehead atoms. The Morgan fingerprint density at radius 2 is 1.48 bits per heavy atom. The van der Waals surface area contributed by atoms with Gasteiger partial charge in [0.2, 0.25) is 0 Å². The molecule has 7 heteroatoms. The van der Waals surface area contributed by atoms with Crippen LogP contribution in [0.15, 0.2) is 97.2 Å². The molecule has 0 aliphatic carbocycles. The molecule has 1 heterocycles. The van der Waals surface area contributed by atoms with Crippen molar-refractivity contribution in [2.24, 2.45) is 0 Å². The van der Waals surface area contributed by atoms with Gasteiger partial charge in [-0.3, -0.25) is 4.79 Å². The summed E-state index contributed by atoms with van der Waals surface area (Å²) in [7, 11) is 0. The number of ether oxygens (including phenoxy) is 2. The van der Waals surface area contributed by atoms with Crippen molar-refractivity contribution in [2.45, 2.75) is 33.7 Å². The molecule has 234 valence electrons. The second-order valence-corrected chi connectivity index (χ2v) is 11.3. The number of aliphatic carboxylic acids is 1. The van der Waals surface area contributed by atoms with E-state index in [1.807, 2.05) is 79.0 Å². The Morgan fingerprint density at radius 1 is 0.783 bits per heavy atom. The molecule has 1 aromatic heterocycles. The number of rotatable bonds is 13. The monoisotopic (exact) mass is 615 g/mol. The first kappa shape index (κ1) is 31.9. The van der Waals surface area contributed by atoms with Gasteiger partial charge in [0.1, 0.15) is 31.3 Å². The van der Waals surface area contributed by atoms with E-state index < -0.39 is 11.9 Å². The molecule has 0 amide bonds. The Bertz CT molecular complexity index is 1910. The first-order chi connectivity index (χ1) is 22.2. The van der Waals surface area contributed by atoms with Crippen LogP contribution in [0.4, 0.5) is 0 Å². The number of carboxylic acid groups (broad SMARTS) is 2. The number of para-hydroxylation sites is 1. The molecule has 0 aliphatic heterocycles. The van der Waals surface area contributed by atoms with Crippen molar-refractivity contribution in [3.8, 4) is 11.5 Å². The molecule has 0 spiro atoms. The summed E-state index contributed by atoms with van der Waals surface area (Å²) < 4.78 is 13.5. The number of hydrogen-bond donors (Lipinski definition) is 2. The Kier molecular flexibility index (Phi) is 10.0. The number of aromatic nitrogens is 1. The fourth-order valence-corrected chi connectivity index (χ4v) is 5.76. The highest BCUT2D eigenvalue weighted by Crippen LogP contribution is 2.29. The Balaban J connectivity index is 1.26. The topological polar surface area (TPSA) is 98.0 Å². The highest BCUT2D eigenvalue weighted by atomic mass is 16.5. The molecule has 2 N–H and O–H groups in total. The van der Waals surface area contributed by atoms with Gasteiger partial charge in [-0.2, -0.15) is 0 Å². The minimum absolute atomic E-state index is 0.209. The number of aromatic carboxylic acids is 1. The van der Waals surface area contributed by atoms with Crippen LogP contribution in [0.5, 0.6) is 11.5 Å². The van der Waals surface area contributed by atoms with Gasteiger partial charge < -0.3 is 24.3 Å². The lowest BCUT2D eigenvalue weighted by Gasteiger charge is -2.11. The van der Waals surface area contributed by atoms with Gasteiger partial charge in [-0.05, 0) is 84.5 Å². The second-order valence-electron chi connectivity index (χ2n) is 11.3. The molecular formula is C39H37NO6. The zero-order valence-corrected chi connectivity index (χ0v) is 26.2. The van der Waals surface area contributed by atoms with Crippen molar-refractivity contribution in [3.63, 3.8) is 0 Å². The normalized spacial score (nSPS) is 11.5. The summed E-state index contributed by atoms with van der Waals surface area (Å²) in [4.78, 5) is 23.5. The summed E-state index contributed by atoms with van der Waals surface area (Å²) in [5.41, 5.74) is 7.86. The van der Waals surface area contributed by atoms with Crippen molar-refractivity contribution < 1.29 is 29.3 Å². The number of aryl methyl sites for hydroxylation is 3. The summed E-state index contributed by atoms with van der Waals surface area (Å²) in [6.07, 6.45) is 10.0. The smallest absolute Gasteiger partial charge is 0.335 e.